The van der Waals surface area contributed by atoms with Crippen molar-refractivity contribution in [2.45, 2.75) is 53.3 Å². The molecule has 0 aliphatic rings. The Balaban J connectivity index is 2.45. The summed E-state index contributed by atoms with van der Waals surface area (Å²) in [7, 11) is 0. The first-order chi connectivity index (χ1) is 7.49. The normalized spacial score (nSPS) is 13.4. The number of nitrogens with zero attached hydrogens (tertiary/aromatic N) is 1. The molecule has 0 bridgehead atoms. The Labute approximate surface area is 97.4 Å². The molecule has 1 aromatic rings. The fourth-order valence-corrected chi connectivity index (χ4v) is 1.03. The zero-order valence-corrected chi connectivity index (χ0v) is 10.8. The van der Waals surface area contributed by atoms with E-state index in [2.05, 4.69) is 38.0 Å². The Morgan fingerprint density at radius 1 is 1.31 bits per heavy atom. The van der Waals surface area contributed by atoms with Gasteiger partial charge < -0.3 is 14.5 Å². The van der Waals surface area contributed by atoms with E-state index in [4.69, 9.17) is 9.15 Å². The molecule has 92 valence electrons. The van der Waals surface area contributed by atoms with Gasteiger partial charge in [-0.05, 0) is 12.8 Å². The van der Waals surface area contributed by atoms with Crippen molar-refractivity contribution in [1.29, 1.82) is 0 Å². The topological polar surface area (TPSA) is 47.3 Å². The third-order valence-electron chi connectivity index (χ3n) is 2.45. The number of nitrogens with one attached hydrogen (secondary N) is 1. The number of aromatic nitrogens is 1. The minimum atomic E-state index is 0.115. The highest BCUT2D eigenvalue weighted by Gasteiger charge is 2.12. The molecule has 16 heavy (non-hydrogen) atoms. The number of hydrogen-bond donors (Lipinski definition) is 1. The van der Waals surface area contributed by atoms with E-state index in [-0.39, 0.29) is 6.10 Å². The minimum Gasteiger partial charge on any atom is -0.447 e. The molecule has 1 atom stereocenters. The number of ether oxygens (including phenoxy) is 1. The first-order valence-electron chi connectivity index (χ1n) is 5.83. The predicted octanol–water partition coefficient (Wildman–Crippen LogP) is 2.60. The van der Waals surface area contributed by atoms with E-state index in [0.717, 1.165) is 5.69 Å². The van der Waals surface area contributed by atoms with Crippen molar-refractivity contribution in [1.82, 2.24) is 10.3 Å². The number of rotatable bonds is 6. The lowest BCUT2D eigenvalue weighted by atomic mass is 10.1. The van der Waals surface area contributed by atoms with E-state index in [1.54, 1.807) is 6.26 Å². The first kappa shape index (κ1) is 13.0. The number of hydrogen-bond acceptors (Lipinski definition) is 4. The van der Waals surface area contributed by atoms with Crippen LogP contribution in [-0.4, -0.2) is 17.1 Å². The van der Waals surface area contributed by atoms with E-state index >= 15 is 0 Å². The van der Waals surface area contributed by atoms with Crippen molar-refractivity contribution < 1.29 is 9.15 Å². The molecule has 1 aromatic heterocycles. The quantitative estimate of drug-likeness (QED) is 0.810. The van der Waals surface area contributed by atoms with Crippen molar-refractivity contribution in [2.24, 2.45) is 5.92 Å². The smallest absolute Gasteiger partial charge is 0.394 e. The van der Waals surface area contributed by atoms with E-state index in [9.17, 15) is 0 Å². The van der Waals surface area contributed by atoms with Gasteiger partial charge in [0.2, 0.25) is 0 Å². The van der Waals surface area contributed by atoms with Crippen LogP contribution in [0.25, 0.3) is 0 Å². The van der Waals surface area contributed by atoms with Crippen LogP contribution in [0.1, 0.15) is 40.3 Å². The largest absolute Gasteiger partial charge is 0.447 e. The van der Waals surface area contributed by atoms with Gasteiger partial charge in [0.05, 0.1) is 5.69 Å². The second kappa shape index (κ2) is 5.89. The van der Waals surface area contributed by atoms with Crippen LogP contribution >= 0.6 is 0 Å². The van der Waals surface area contributed by atoms with Gasteiger partial charge in [-0.2, -0.15) is 4.98 Å². The summed E-state index contributed by atoms with van der Waals surface area (Å²) in [4.78, 5) is 4.25. The Hall–Kier alpha value is -1.03. The molecule has 4 heteroatoms. The van der Waals surface area contributed by atoms with E-state index in [1.165, 1.54) is 0 Å². The summed E-state index contributed by atoms with van der Waals surface area (Å²) in [6, 6.07) is 0.440. The van der Waals surface area contributed by atoms with Gasteiger partial charge in [0.25, 0.3) is 0 Å². The molecule has 0 aliphatic heterocycles. The predicted molar refractivity (Wildman–Crippen MR) is 63.4 cm³/mol. The molecule has 0 amide bonds. The molecule has 0 aliphatic carbocycles. The van der Waals surface area contributed by atoms with Crippen LogP contribution in [-0.2, 0) is 6.54 Å². The average Bonchev–Trinajstić information content (AvgIpc) is 2.62. The molecular weight excluding hydrogens is 204 g/mol. The van der Waals surface area contributed by atoms with Crippen LogP contribution in [0.4, 0.5) is 0 Å². The van der Waals surface area contributed by atoms with Gasteiger partial charge >= 0.3 is 6.08 Å². The van der Waals surface area contributed by atoms with Crippen molar-refractivity contribution in [3.05, 3.63) is 12.0 Å². The summed E-state index contributed by atoms with van der Waals surface area (Å²) in [6.07, 6.45) is 2.11. The van der Waals surface area contributed by atoms with Gasteiger partial charge in [-0.25, -0.2) is 0 Å². The SMILES string of the molecule is CC(C)NCc1coc(OC(C)C(C)C)n1. The van der Waals surface area contributed by atoms with E-state index < -0.39 is 0 Å². The molecule has 0 fully saturated rings. The second-order valence-corrected chi connectivity index (χ2v) is 4.71. The zero-order valence-electron chi connectivity index (χ0n) is 10.8. The highest BCUT2D eigenvalue weighted by atomic mass is 16.6. The van der Waals surface area contributed by atoms with Crippen molar-refractivity contribution in [3.8, 4) is 6.08 Å². The third-order valence-corrected chi connectivity index (χ3v) is 2.45. The molecular formula is C12H22N2O2. The van der Waals surface area contributed by atoms with Gasteiger partial charge in [-0.3, -0.25) is 0 Å². The molecule has 1 unspecified atom stereocenters. The molecule has 0 spiro atoms. The van der Waals surface area contributed by atoms with Gasteiger partial charge in [-0.1, -0.05) is 27.7 Å². The van der Waals surface area contributed by atoms with Crippen molar-refractivity contribution in [3.63, 3.8) is 0 Å². The Bertz CT molecular complexity index is 308. The first-order valence-corrected chi connectivity index (χ1v) is 5.83. The maximum absolute atomic E-state index is 5.56. The highest BCUT2D eigenvalue weighted by molar-refractivity contribution is 5.00. The zero-order chi connectivity index (χ0) is 12.1. The van der Waals surface area contributed by atoms with Crippen LogP contribution in [0.2, 0.25) is 0 Å². The lowest BCUT2D eigenvalue weighted by Crippen LogP contribution is -2.22. The summed E-state index contributed by atoms with van der Waals surface area (Å²) in [5.74, 6) is 0.448. The molecule has 1 heterocycles. The Morgan fingerprint density at radius 3 is 2.56 bits per heavy atom. The second-order valence-electron chi connectivity index (χ2n) is 4.71. The van der Waals surface area contributed by atoms with E-state index in [1.807, 2.05) is 6.92 Å². The molecule has 0 saturated carbocycles. The molecule has 0 aromatic carbocycles. The third kappa shape index (κ3) is 4.23. The van der Waals surface area contributed by atoms with Gasteiger partial charge in [0, 0.05) is 12.6 Å². The average molecular weight is 226 g/mol. The monoisotopic (exact) mass is 226 g/mol. The highest BCUT2D eigenvalue weighted by Crippen LogP contribution is 2.15. The van der Waals surface area contributed by atoms with Crippen molar-refractivity contribution >= 4 is 0 Å². The van der Waals surface area contributed by atoms with E-state index in [0.29, 0.717) is 24.6 Å². The molecule has 4 nitrogen and oxygen atoms in total. The van der Waals surface area contributed by atoms with Crippen molar-refractivity contribution in [2.75, 3.05) is 0 Å². The van der Waals surface area contributed by atoms with Crippen LogP contribution in [0.5, 0.6) is 6.08 Å². The molecule has 0 saturated heterocycles. The molecule has 1 rings (SSSR count). The van der Waals surface area contributed by atoms with Crippen LogP contribution in [0.3, 0.4) is 0 Å². The van der Waals surface area contributed by atoms with Crippen LogP contribution in [0.15, 0.2) is 10.7 Å². The van der Waals surface area contributed by atoms with Crippen LogP contribution in [0, 0.1) is 5.92 Å². The number of oxazole rings is 1. The maximum Gasteiger partial charge on any atom is 0.394 e. The standard InChI is InChI=1S/C12H22N2O2/c1-8(2)10(5)16-12-14-11(7-15-12)6-13-9(3)4/h7-10,13H,6H2,1-5H3. The van der Waals surface area contributed by atoms with Gasteiger partial charge in [0.1, 0.15) is 12.4 Å². The summed E-state index contributed by atoms with van der Waals surface area (Å²) in [5, 5.41) is 3.27. The van der Waals surface area contributed by atoms with Gasteiger partial charge in [-0.15, -0.1) is 0 Å². The van der Waals surface area contributed by atoms with Gasteiger partial charge in [0.15, 0.2) is 0 Å². The summed E-state index contributed by atoms with van der Waals surface area (Å²) in [5.41, 5.74) is 0.875. The fourth-order valence-electron chi connectivity index (χ4n) is 1.03. The maximum atomic E-state index is 5.56. The van der Waals surface area contributed by atoms with Crippen LogP contribution < -0.4 is 10.1 Å². The lowest BCUT2D eigenvalue weighted by molar-refractivity contribution is 0.123. The molecule has 0 radical (unpaired) electrons. The lowest BCUT2D eigenvalue weighted by Gasteiger charge is -2.14. The summed E-state index contributed by atoms with van der Waals surface area (Å²) < 4.78 is 10.8. The summed E-state index contributed by atoms with van der Waals surface area (Å²) >= 11 is 0. The fraction of sp³-hybridized carbons (Fsp3) is 0.750. The Morgan fingerprint density at radius 2 is 2.00 bits per heavy atom. The molecule has 1 N–H and O–H groups in total. The minimum absolute atomic E-state index is 0.115. The summed E-state index contributed by atoms with van der Waals surface area (Å²) in [6.45, 7) is 11.1. The Kier molecular flexibility index (Phi) is 4.80.